The SMILES string of the molecule is NS(=O)(=O)c1ccc2c(cnn2F)c1. The van der Waals surface area contributed by atoms with Gasteiger partial charge in [-0.2, -0.15) is 0 Å². The number of hydrogen-bond donors (Lipinski definition) is 1. The fraction of sp³-hybridized carbons (Fsp3) is 0. The van der Waals surface area contributed by atoms with E-state index in [4.69, 9.17) is 5.14 Å². The van der Waals surface area contributed by atoms with E-state index in [2.05, 4.69) is 5.10 Å². The summed E-state index contributed by atoms with van der Waals surface area (Å²) in [6.07, 6.45) is 1.23. The van der Waals surface area contributed by atoms with Crippen LogP contribution in [-0.2, 0) is 10.0 Å². The highest BCUT2D eigenvalue weighted by atomic mass is 32.2. The molecule has 0 saturated carbocycles. The van der Waals surface area contributed by atoms with Crippen LogP contribution in [-0.4, -0.2) is 18.4 Å². The highest BCUT2D eigenvalue weighted by molar-refractivity contribution is 7.89. The van der Waals surface area contributed by atoms with Crippen LogP contribution < -0.4 is 5.14 Å². The van der Waals surface area contributed by atoms with Crippen molar-refractivity contribution < 1.29 is 12.9 Å². The molecule has 7 heteroatoms. The number of nitrogens with zero attached hydrogens (tertiary/aromatic N) is 2. The van der Waals surface area contributed by atoms with Gasteiger partial charge in [0.15, 0.2) is 0 Å². The van der Waals surface area contributed by atoms with Crippen molar-refractivity contribution in [3.8, 4) is 0 Å². The van der Waals surface area contributed by atoms with Gasteiger partial charge in [-0.05, 0) is 18.2 Å². The minimum atomic E-state index is -3.74. The third-order valence-electron chi connectivity index (χ3n) is 1.82. The van der Waals surface area contributed by atoms with Crippen molar-refractivity contribution in [2.24, 2.45) is 5.14 Å². The Morgan fingerprint density at radius 2 is 2.14 bits per heavy atom. The van der Waals surface area contributed by atoms with Crippen molar-refractivity contribution in [2.45, 2.75) is 4.90 Å². The number of benzene rings is 1. The maximum absolute atomic E-state index is 12.8. The molecule has 74 valence electrons. The van der Waals surface area contributed by atoms with Crippen LogP contribution in [0.4, 0.5) is 4.48 Å². The number of nitrogens with two attached hydrogens (primary N) is 1. The van der Waals surface area contributed by atoms with Crippen LogP contribution in [0.15, 0.2) is 29.3 Å². The second-order valence-electron chi connectivity index (χ2n) is 2.77. The zero-order chi connectivity index (χ0) is 10.3. The van der Waals surface area contributed by atoms with Crippen molar-refractivity contribution in [3.05, 3.63) is 24.4 Å². The van der Waals surface area contributed by atoms with Crippen molar-refractivity contribution in [3.63, 3.8) is 0 Å². The Hall–Kier alpha value is -1.47. The molecule has 0 aliphatic rings. The van der Waals surface area contributed by atoms with Gasteiger partial charge in [0.2, 0.25) is 10.0 Å². The first-order valence-corrected chi connectivity index (χ1v) is 5.20. The van der Waals surface area contributed by atoms with E-state index in [9.17, 15) is 12.9 Å². The molecule has 2 rings (SSSR count). The lowest BCUT2D eigenvalue weighted by Gasteiger charge is -1.96. The molecule has 0 aliphatic carbocycles. The quantitative estimate of drug-likeness (QED) is 0.748. The summed E-state index contributed by atoms with van der Waals surface area (Å²) in [5.41, 5.74) is 0.206. The van der Waals surface area contributed by atoms with Crippen LogP contribution in [0.3, 0.4) is 0 Å². The van der Waals surface area contributed by atoms with Gasteiger partial charge in [-0.1, -0.05) is 9.39 Å². The Morgan fingerprint density at radius 1 is 1.43 bits per heavy atom. The lowest BCUT2D eigenvalue weighted by Crippen LogP contribution is -2.11. The minimum absolute atomic E-state index is 0.0574. The van der Waals surface area contributed by atoms with Gasteiger partial charge in [0.1, 0.15) is 5.52 Å². The van der Waals surface area contributed by atoms with Crippen molar-refractivity contribution in [1.29, 1.82) is 0 Å². The Balaban J connectivity index is 2.76. The fourth-order valence-corrected chi connectivity index (χ4v) is 1.71. The predicted octanol–water partition coefficient (Wildman–Crippen LogP) is 0.416. The molecular weight excluding hydrogens is 209 g/mol. The molecule has 0 radical (unpaired) electrons. The average molecular weight is 215 g/mol. The number of fused-ring (bicyclic) bond motifs is 1. The molecule has 1 heterocycles. The molecule has 0 fully saturated rings. The van der Waals surface area contributed by atoms with Gasteiger partial charge in [-0.3, -0.25) is 0 Å². The molecular formula is C7H6FN3O2S. The second-order valence-corrected chi connectivity index (χ2v) is 4.33. The number of rotatable bonds is 1. The highest BCUT2D eigenvalue weighted by Gasteiger charge is 2.10. The lowest BCUT2D eigenvalue weighted by atomic mass is 10.3. The zero-order valence-electron chi connectivity index (χ0n) is 6.88. The number of hydrogen-bond acceptors (Lipinski definition) is 3. The summed E-state index contributed by atoms with van der Waals surface area (Å²) in [5.74, 6) is 0. The van der Waals surface area contributed by atoms with Crippen LogP contribution in [0.2, 0.25) is 0 Å². The van der Waals surface area contributed by atoms with Crippen molar-refractivity contribution in [2.75, 3.05) is 0 Å². The molecule has 14 heavy (non-hydrogen) atoms. The van der Waals surface area contributed by atoms with E-state index in [1.807, 2.05) is 0 Å². The maximum Gasteiger partial charge on any atom is 0.238 e. The molecule has 2 N–H and O–H groups in total. The van der Waals surface area contributed by atoms with E-state index in [-0.39, 0.29) is 15.3 Å². The van der Waals surface area contributed by atoms with Gasteiger partial charge in [0.05, 0.1) is 11.1 Å². The molecule has 0 saturated heterocycles. The Kier molecular flexibility index (Phi) is 1.79. The second kappa shape index (κ2) is 2.76. The van der Waals surface area contributed by atoms with Gasteiger partial charge < -0.3 is 0 Å². The van der Waals surface area contributed by atoms with Crippen LogP contribution >= 0.6 is 0 Å². The van der Waals surface area contributed by atoms with E-state index in [0.717, 1.165) is 0 Å². The molecule has 5 nitrogen and oxygen atoms in total. The van der Waals surface area contributed by atoms with E-state index < -0.39 is 10.0 Å². The van der Waals surface area contributed by atoms with Crippen molar-refractivity contribution in [1.82, 2.24) is 10.0 Å². The van der Waals surface area contributed by atoms with Crippen molar-refractivity contribution >= 4 is 20.9 Å². The normalized spacial score (nSPS) is 12.1. The summed E-state index contributed by atoms with van der Waals surface area (Å²) in [6.45, 7) is 0. The molecule has 0 aliphatic heterocycles. The van der Waals surface area contributed by atoms with Gasteiger partial charge in [-0.15, -0.1) is 5.10 Å². The molecule has 0 atom stereocenters. The topological polar surface area (TPSA) is 78.0 Å². The third-order valence-corrected chi connectivity index (χ3v) is 2.74. The molecule has 2 aromatic rings. The first-order chi connectivity index (χ1) is 6.48. The van der Waals surface area contributed by atoms with Crippen LogP contribution in [0, 0.1) is 0 Å². The van der Waals surface area contributed by atoms with Gasteiger partial charge in [0, 0.05) is 5.39 Å². The molecule has 1 aromatic carbocycles. The minimum Gasteiger partial charge on any atom is -0.225 e. The van der Waals surface area contributed by atoms with E-state index in [1.54, 1.807) is 0 Å². The van der Waals surface area contributed by atoms with Crippen LogP contribution in [0.25, 0.3) is 10.9 Å². The van der Waals surface area contributed by atoms with Crippen LogP contribution in [0.5, 0.6) is 0 Å². The molecule has 0 spiro atoms. The van der Waals surface area contributed by atoms with Gasteiger partial charge >= 0.3 is 0 Å². The summed E-state index contributed by atoms with van der Waals surface area (Å²) in [7, 11) is -3.74. The summed E-state index contributed by atoms with van der Waals surface area (Å²) in [4.78, 5) is 0.111. The number of aromatic nitrogens is 2. The summed E-state index contributed by atoms with van der Waals surface area (Å²) in [6, 6.07) is 3.81. The number of primary sulfonamides is 1. The fourth-order valence-electron chi connectivity index (χ4n) is 1.16. The van der Waals surface area contributed by atoms with Gasteiger partial charge in [0.25, 0.3) is 0 Å². The third kappa shape index (κ3) is 1.36. The smallest absolute Gasteiger partial charge is 0.225 e. The molecule has 0 unspecified atom stereocenters. The highest BCUT2D eigenvalue weighted by Crippen LogP contribution is 2.17. The molecule has 0 amide bonds. The Labute approximate surface area is 78.9 Å². The van der Waals surface area contributed by atoms with E-state index in [1.165, 1.54) is 24.4 Å². The predicted molar refractivity (Wildman–Crippen MR) is 47.6 cm³/mol. The Bertz CT molecular complexity index is 590. The Morgan fingerprint density at radius 3 is 2.79 bits per heavy atom. The number of sulfonamides is 1. The maximum atomic E-state index is 12.8. The first-order valence-electron chi connectivity index (χ1n) is 3.65. The first kappa shape index (κ1) is 9.10. The summed E-state index contributed by atoms with van der Waals surface area (Å²) >= 11 is 0. The average Bonchev–Trinajstić information content (AvgIpc) is 2.46. The number of halogens is 1. The van der Waals surface area contributed by atoms with Crippen LogP contribution in [0.1, 0.15) is 0 Å². The summed E-state index contributed by atoms with van der Waals surface area (Å²) in [5, 5.41) is 8.63. The summed E-state index contributed by atoms with van der Waals surface area (Å²) < 4.78 is 34.7. The van der Waals surface area contributed by atoms with Gasteiger partial charge in [-0.25, -0.2) is 13.6 Å². The largest absolute Gasteiger partial charge is 0.238 e. The van der Waals surface area contributed by atoms with E-state index in [0.29, 0.717) is 5.39 Å². The monoisotopic (exact) mass is 215 g/mol. The van der Waals surface area contributed by atoms with E-state index >= 15 is 0 Å². The zero-order valence-corrected chi connectivity index (χ0v) is 7.70. The lowest BCUT2D eigenvalue weighted by molar-refractivity contribution is 0.332. The molecule has 1 aromatic heterocycles. The molecule has 0 bridgehead atoms. The standard InChI is InChI=1S/C7H6FN3O2S/c8-11-7-2-1-6(14(9,12)13)3-5(7)4-10-11/h1-4H,(H2,9,12,13).